The minimum absolute atomic E-state index is 0.0277. The van der Waals surface area contributed by atoms with Crippen molar-refractivity contribution in [1.29, 1.82) is 0 Å². The maximum absolute atomic E-state index is 13.2. The molecule has 3 heterocycles. The number of carbonyl (C=O) groups excluding carboxylic acids is 1. The summed E-state index contributed by atoms with van der Waals surface area (Å²) >= 11 is 0. The Morgan fingerprint density at radius 1 is 1.24 bits per heavy atom. The number of aromatic amines is 1. The molecule has 1 saturated heterocycles. The van der Waals surface area contributed by atoms with Gasteiger partial charge in [-0.15, -0.1) is 0 Å². The zero-order valence-corrected chi connectivity index (χ0v) is 17.7. The van der Waals surface area contributed by atoms with Gasteiger partial charge < -0.3 is 14.8 Å². The number of benzene rings is 1. The highest BCUT2D eigenvalue weighted by Crippen LogP contribution is 2.33. The molecule has 0 radical (unpaired) electrons. The molecule has 2 N–H and O–H groups in total. The van der Waals surface area contributed by atoms with Crippen molar-refractivity contribution in [2.75, 3.05) is 6.54 Å². The molecule has 1 aliphatic heterocycles. The Morgan fingerprint density at radius 3 is 2.83 bits per heavy atom. The summed E-state index contributed by atoms with van der Waals surface area (Å²) in [4.78, 5) is 19.9. The van der Waals surface area contributed by atoms with E-state index in [4.69, 9.17) is 4.98 Å². The molecule has 1 fully saturated rings. The highest BCUT2D eigenvalue weighted by atomic mass is 16.2. The summed E-state index contributed by atoms with van der Waals surface area (Å²) in [5.74, 6) is 0.862. The van der Waals surface area contributed by atoms with Gasteiger partial charge in [-0.25, -0.2) is 9.78 Å². The summed E-state index contributed by atoms with van der Waals surface area (Å²) in [6, 6.07) is 6.29. The van der Waals surface area contributed by atoms with Gasteiger partial charge in [0.05, 0.1) is 29.3 Å². The number of carbonyl (C=O) groups is 1. The summed E-state index contributed by atoms with van der Waals surface area (Å²) < 4.78 is 2.05. The number of imidazole rings is 1. The van der Waals surface area contributed by atoms with Gasteiger partial charge in [0.15, 0.2) is 0 Å². The monoisotopic (exact) mass is 394 g/mol. The molecular formula is C22H30N6O. The molecule has 1 unspecified atom stereocenters. The SMILES string of the molecule is Cc1ccc2c(c1)nc(CNC(=O)N1CCCCCC1c1c(C)n[nH]c1C)n2C. The van der Waals surface area contributed by atoms with Crippen molar-refractivity contribution in [1.82, 2.24) is 30.0 Å². The first kappa shape index (κ1) is 19.5. The number of aryl methyl sites for hydroxylation is 4. The van der Waals surface area contributed by atoms with E-state index in [0.29, 0.717) is 6.54 Å². The molecule has 4 rings (SSSR count). The average Bonchev–Trinajstić information content (AvgIpc) is 3.06. The van der Waals surface area contributed by atoms with Crippen LogP contribution in [0.25, 0.3) is 11.0 Å². The van der Waals surface area contributed by atoms with Crippen molar-refractivity contribution in [2.24, 2.45) is 7.05 Å². The maximum Gasteiger partial charge on any atom is 0.318 e. The van der Waals surface area contributed by atoms with E-state index in [1.54, 1.807) is 0 Å². The number of likely N-dealkylation sites (tertiary alicyclic amines) is 1. The topological polar surface area (TPSA) is 78.8 Å². The lowest BCUT2D eigenvalue weighted by Gasteiger charge is -2.30. The largest absolute Gasteiger partial charge is 0.331 e. The molecule has 29 heavy (non-hydrogen) atoms. The molecule has 0 saturated carbocycles. The summed E-state index contributed by atoms with van der Waals surface area (Å²) in [5, 5.41) is 10.5. The number of nitrogens with one attached hydrogen (secondary N) is 2. The average molecular weight is 395 g/mol. The minimum Gasteiger partial charge on any atom is -0.331 e. The number of urea groups is 1. The fourth-order valence-corrected chi connectivity index (χ4v) is 4.48. The van der Waals surface area contributed by atoms with Crippen LogP contribution in [0.2, 0.25) is 0 Å². The Bertz CT molecular complexity index is 1010. The number of H-pyrrole nitrogens is 1. The molecular weight excluding hydrogens is 364 g/mol. The van der Waals surface area contributed by atoms with Crippen molar-refractivity contribution >= 4 is 17.1 Å². The third-order valence-corrected chi connectivity index (χ3v) is 6.06. The molecule has 3 aromatic rings. The second kappa shape index (κ2) is 7.89. The number of fused-ring (bicyclic) bond motifs is 1. The summed E-state index contributed by atoms with van der Waals surface area (Å²) in [5.41, 5.74) is 6.44. The Kier molecular flexibility index (Phi) is 5.30. The van der Waals surface area contributed by atoms with Gasteiger partial charge in [0, 0.05) is 24.8 Å². The van der Waals surface area contributed by atoms with Gasteiger partial charge in [-0.3, -0.25) is 5.10 Å². The van der Waals surface area contributed by atoms with E-state index in [0.717, 1.165) is 60.5 Å². The van der Waals surface area contributed by atoms with Crippen LogP contribution in [-0.4, -0.2) is 37.2 Å². The van der Waals surface area contributed by atoms with Gasteiger partial charge in [0.1, 0.15) is 5.82 Å². The fourth-order valence-electron chi connectivity index (χ4n) is 4.48. The molecule has 154 valence electrons. The van der Waals surface area contributed by atoms with Crippen LogP contribution < -0.4 is 5.32 Å². The van der Waals surface area contributed by atoms with Crippen LogP contribution in [0.3, 0.4) is 0 Å². The number of amides is 2. The van der Waals surface area contributed by atoms with Crippen molar-refractivity contribution < 1.29 is 4.79 Å². The van der Waals surface area contributed by atoms with Gasteiger partial charge in [0.25, 0.3) is 0 Å². The van der Waals surface area contributed by atoms with Crippen LogP contribution in [0.1, 0.15) is 60.1 Å². The molecule has 7 nitrogen and oxygen atoms in total. The molecule has 1 atom stereocenters. The first-order valence-corrected chi connectivity index (χ1v) is 10.4. The molecule has 0 aliphatic carbocycles. The van der Waals surface area contributed by atoms with Crippen molar-refractivity contribution in [2.45, 2.75) is 59.0 Å². The Balaban J connectivity index is 1.54. The van der Waals surface area contributed by atoms with Gasteiger partial charge in [-0.1, -0.05) is 18.9 Å². The molecule has 1 aromatic carbocycles. The molecule has 0 spiro atoms. The number of hydrogen-bond donors (Lipinski definition) is 2. The Labute approximate surface area is 171 Å². The first-order chi connectivity index (χ1) is 14.0. The van der Waals surface area contributed by atoms with Crippen LogP contribution in [-0.2, 0) is 13.6 Å². The van der Waals surface area contributed by atoms with Crippen molar-refractivity contribution in [3.05, 3.63) is 46.5 Å². The Morgan fingerprint density at radius 2 is 2.07 bits per heavy atom. The van der Waals surface area contributed by atoms with Crippen LogP contribution in [0, 0.1) is 20.8 Å². The quantitative estimate of drug-likeness (QED) is 0.703. The van der Waals surface area contributed by atoms with Crippen LogP contribution in [0.4, 0.5) is 4.79 Å². The number of aromatic nitrogens is 4. The summed E-state index contributed by atoms with van der Waals surface area (Å²) in [6.07, 6.45) is 4.29. The smallest absolute Gasteiger partial charge is 0.318 e. The van der Waals surface area contributed by atoms with Gasteiger partial charge >= 0.3 is 6.03 Å². The standard InChI is InChI=1S/C22H30N6O/c1-14-9-10-18-17(12-14)24-20(27(18)4)13-23-22(29)28-11-7-5-6-8-19(28)21-15(2)25-26-16(21)3/h9-10,12,19H,5-8,11,13H2,1-4H3,(H,23,29)(H,25,26). The summed E-state index contributed by atoms with van der Waals surface area (Å²) in [7, 11) is 2.00. The van der Waals surface area contributed by atoms with Crippen LogP contribution in [0.15, 0.2) is 18.2 Å². The maximum atomic E-state index is 13.2. The lowest BCUT2D eigenvalue weighted by atomic mass is 9.99. The number of nitrogens with zero attached hydrogens (tertiary/aromatic N) is 4. The third kappa shape index (κ3) is 3.73. The van der Waals surface area contributed by atoms with Crippen LogP contribution >= 0.6 is 0 Å². The number of rotatable bonds is 3. The van der Waals surface area contributed by atoms with E-state index in [1.807, 2.05) is 25.8 Å². The van der Waals surface area contributed by atoms with Gasteiger partial charge in [-0.05, 0) is 51.3 Å². The fraction of sp³-hybridized carbons (Fsp3) is 0.500. The van der Waals surface area contributed by atoms with Crippen molar-refractivity contribution in [3.8, 4) is 0 Å². The first-order valence-electron chi connectivity index (χ1n) is 10.4. The van der Waals surface area contributed by atoms with E-state index >= 15 is 0 Å². The van der Waals surface area contributed by atoms with E-state index in [2.05, 4.69) is 45.2 Å². The molecule has 1 aliphatic rings. The predicted molar refractivity (Wildman–Crippen MR) is 114 cm³/mol. The highest BCUT2D eigenvalue weighted by molar-refractivity contribution is 5.77. The molecule has 2 amide bonds. The Hall–Kier alpha value is -2.83. The molecule has 2 aromatic heterocycles. The highest BCUT2D eigenvalue weighted by Gasteiger charge is 2.30. The van der Waals surface area contributed by atoms with E-state index in [-0.39, 0.29) is 12.1 Å². The predicted octanol–water partition coefficient (Wildman–Crippen LogP) is 4.05. The van der Waals surface area contributed by atoms with E-state index in [1.165, 1.54) is 11.1 Å². The zero-order valence-electron chi connectivity index (χ0n) is 17.7. The van der Waals surface area contributed by atoms with E-state index in [9.17, 15) is 4.79 Å². The zero-order chi connectivity index (χ0) is 20.5. The molecule has 7 heteroatoms. The van der Waals surface area contributed by atoms with Crippen LogP contribution in [0.5, 0.6) is 0 Å². The normalized spacial score (nSPS) is 17.5. The lowest BCUT2D eigenvalue weighted by Crippen LogP contribution is -2.42. The number of hydrogen-bond acceptors (Lipinski definition) is 3. The van der Waals surface area contributed by atoms with E-state index < -0.39 is 0 Å². The molecule has 0 bridgehead atoms. The second-order valence-corrected chi connectivity index (χ2v) is 8.14. The minimum atomic E-state index is -0.0277. The van der Waals surface area contributed by atoms with Gasteiger partial charge in [0.2, 0.25) is 0 Å². The van der Waals surface area contributed by atoms with Crippen molar-refractivity contribution in [3.63, 3.8) is 0 Å². The van der Waals surface area contributed by atoms with Gasteiger partial charge in [-0.2, -0.15) is 5.10 Å². The third-order valence-electron chi connectivity index (χ3n) is 6.06. The second-order valence-electron chi connectivity index (χ2n) is 8.14. The lowest BCUT2D eigenvalue weighted by molar-refractivity contribution is 0.174. The summed E-state index contributed by atoms with van der Waals surface area (Å²) in [6.45, 7) is 7.30.